The lowest BCUT2D eigenvalue weighted by atomic mass is 10.2. The molecule has 5 nitrogen and oxygen atoms in total. The first-order chi connectivity index (χ1) is 8.22. The van der Waals surface area contributed by atoms with Gasteiger partial charge in [0.15, 0.2) is 11.6 Å². The number of hydrogen-bond acceptors (Lipinski definition) is 4. The standard InChI is InChI=1S/C11H16FN3O2/c1-16-6-5-14-11(15-13)8-3-4-9(12)10(7-8)17-2/h3-4,7H,5-6,13H2,1-2H3,(H,14,15). The molecule has 0 aliphatic carbocycles. The molecular formula is C11H16FN3O2. The zero-order valence-corrected chi connectivity index (χ0v) is 9.87. The van der Waals surface area contributed by atoms with Gasteiger partial charge in [0.25, 0.3) is 0 Å². The van der Waals surface area contributed by atoms with E-state index in [2.05, 4.69) is 10.4 Å². The van der Waals surface area contributed by atoms with Gasteiger partial charge in [0, 0.05) is 12.7 Å². The highest BCUT2D eigenvalue weighted by Gasteiger charge is 2.07. The Labute approximate surface area is 99.4 Å². The van der Waals surface area contributed by atoms with Crippen LogP contribution in [0.4, 0.5) is 4.39 Å². The van der Waals surface area contributed by atoms with E-state index in [4.69, 9.17) is 15.3 Å². The Bertz CT molecular complexity index is 396. The summed E-state index contributed by atoms with van der Waals surface area (Å²) in [5.74, 6) is 5.54. The van der Waals surface area contributed by atoms with Crippen molar-refractivity contribution in [2.45, 2.75) is 0 Å². The van der Waals surface area contributed by atoms with Crippen molar-refractivity contribution in [3.8, 4) is 5.75 Å². The number of nitrogens with one attached hydrogen (secondary N) is 1. The third-order valence-electron chi connectivity index (χ3n) is 2.13. The van der Waals surface area contributed by atoms with E-state index in [0.717, 1.165) is 0 Å². The summed E-state index contributed by atoms with van der Waals surface area (Å²) in [6.07, 6.45) is 0. The first kappa shape index (κ1) is 13.4. The Morgan fingerprint density at radius 1 is 1.47 bits per heavy atom. The molecule has 0 saturated heterocycles. The van der Waals surface area contributed by atoms with Gasteiger partial charge in [0.2, 0.25) is 0 Å². The zero-order chi connectivity index (χ0) is 12.7. The molecule has 0 aromatic heterocycles. The average Bonchev–Trinajstić information content (AvgIpc) is 2.36. The van der Waals surface area contributed by atoms with E-state index in [9.17, 15) is 4.39 Å². The maximum absolute atomic E-state index is 13.2. The van der Waals surface area contributed by atoms with Gasteiger partial charge in [-0.05, 0) is 18.2 Å². The first-order valence-electron chi connectivity index (χ1n) is 5.06. The number of nitrogens with zero attached hydrogens (tertiary/aromatic N) is 1. The van der Waals surface area contributed by atoms with Crippen LogP contribution in [0.15, 0.2) is 23.2 Å². The zero-order valence-electron chi connectivity index (χ0n) is 9.87. The molecule has 0 amide bonds. The van der Waals surface area contributed by atoms with Crippen molar-refractivity contribution in [1.29, 1.82) is 0 Å². The molecule has 1 aromatic rings. The van der Waals surface area contributed by atoms with Gasteiger partial charge in [0.05, 0.1) is 20.3 Å². The molecule has 17 heavy (non-hydrogen) atoms. The van der Waals surface area contributed by atoms with E-state index >= 15 is 0 Å². The molecule has 6 heteroatoms. The van der Waals surface area contributed by atoms with Crippen molar-refractivity contribution in [2.75, 3.05) is 27.4 Å². The van der Waals surface area contributed by atoms with Gasteiger partial charge in [-0.1, -0.05) is 0 Å². The van der Waals surface area contributed by atoms with Crippen LogP contribution in [-0.4, -0.2) is 33.2 Å². The van der Waals surface area contributed by atoms with Crippen LogP contribution >= 0.6 is 0 Å². The molecule has 1 rings (SSSR count). The Balaban J connectivity index is 2.91. The van der Waals surface area contributed by atoms with Crippen LogP contribution < -0.4 is 16.0 Å². The minimum Gasteiger partial charge on any atom is -0.494 e. The van der Waals surface area contributed by atoms with Crippen molar-refractivity contribution >= 4 is 5.84 Å². The molecule has 0 heterocycles. The molecule has 3 N–H and O–H groups in total. The van der Waals surface area contributed by atoms with E-state index in [0.29, 0.717) is 24.6 Å². The highest BCUT2D eigenvalue weighted by molar-refractivity contribution is 5.98. The fourth-order valence-electron chi connectivity index (χ4n) is 1.28. The van der Waals surface area contributed by atoms with Gasteiger partial charge in [-0.2, -0.15) is 0 Å². The van der Waals surface area contributed by atoms with E-state index in [1.54, 1.807) is 13.2 Å². The molecule has 0 atom stereocenters. The van der Waals surface area contributed by atoms with Crippen molar-refractivity contribution in [3.05, 3.63) is 29.6 Å². The van der Waals surface area contributed by atoms with Gasteiger partial charge < -0.3 is 14.9 Å². The number of ether oxygens (including phenoxy) is 2. The molecule has 1 aromatic carbocycles. The lowest BCUT2D eigenvalue weighted by Crippen LogP contribution is -2.31. The largest absolute Gasteiger partial charge is 0.494 e. The minimum absolute atomic E-state index is 0.150. The number of rotatable bonds is 5. The highest BCUT2D eigenvalue weighted by Crippen LogP contribution is 2.18. The van der Waals surface area contributed by atoms with Gasteiger partial charge in [-0.25, -0.2) is 10.2 Å². The molecule has 94 valence electrons. The number of hydrazine groups is 1. The smallest absolute Gasteiger partial charge is 0.165 e. The number of nitrogens with two attached hydrogens (primary N) is 1. The van der Waals surface area contributed by atoms with Crippen LogP contribution in [0.5, 0.6) is 5.75 Å². The summed E-state index contributed by atoms with van der Waals surface area (Å²) in [7, 11) is 2.99. The monoisotopic (exact) mass is 241 g/mol. The van der Waals surface area contributed by atoms with Crippen molar-refractivity contribution in [2.24, 2.45) is 10.8 Å². The number of methoxy groups -OCH3 is 2. The Morgan fingerprint density at radius 2 is 2.24 bits per heavy atom. The average molecular weight is 241 g/mol. The molecule has 0 aliphatic heterocycles. The Kier molecular flexibility index (Phi) is 5.38. The van der Waals surface area contributed by atoms with Crippen molar-refractivity contribution in [3.63, 3.8) is 0 Å². The summed E-state index contributed by atoms with van der Waals surface area (Å²) in [6, 6.07) is 4.40. The van der Waals surface area contributed by atoms with Gasteiger partial charge in [-0.15, -0.1) is 0 Å². The molecule has 0 saturated carbocycles. The predicted molar refractivity (Wildman–Crippen MR) is 63.6 cm³/mol. The minimum atomic E-state index is -0.426. The van der Waals surface area contributed by atoms with Crippen LogP contribution in [-0.2, 0) is 4.74 Å². The maximum atomic E-state index is 13.2. The van der Waals surface area contributed by atoms with Gasteiger partial charge in [0.1, 0.15) is 5.84 Å². The number of benzene rings is 1. The third-order valence-corrected chi connectivity index (χ3v) is 2.13. The van der Waals surface area contributed by atoms with Gasteiger partial charge >= 0.3 is 0 Å². The van der Waals surface area contributed by atoms with Crippen molar-refractivity contribution < 1.29 is 13.9 Å². The quantitative estimate of drug-likeness (QED) is 0.262. The number of halogens is 1. The third kappa shape index (κ3) is 3.69. The summed E-state index contributed by atoms with van der Waals surface area (Å²) < 4.78 is 23.0. The fraction of sp³-hybridized carbons (Fsp3) is 0.364. The van der Waals surface area contributed by atoms with Gasteiger partial charge in [-0.3, -0.25) is 4.99 Å². The van der Waals surface area contributed by atoms with Crippen LogP contribution in [0, 0.1) is 5.82 Å². The fourth-order valence-corrected chi connectivity index (χ4v) is 1.28. The second kappa shape index (κ2) is 6.82. The van der Waals surface area contributed by atoms with Crippen LogP contribution in [0.3, 0.4) is 0 Å². The second-order valence-corrected chi connectivity index (χ2v) is 3.22. The maximum Gasteiger partial charge on any atom is 0.165 e. The second-order valence-electron chi connectivity index (χ2n) is 3.22. The summed E-state index contributed by atoms with van der Waals surface area (Å²) in [5.41, 5.74) is 3.12. The van der Waals surface area contributed by atoms with Crippen molar-refractivity contribution in [1.82, 2.24) is 5.43 Å². The summed E-state index contributed by atoms with van der Waals surface area (Å²) in [6.45, 7) is 0.958. The van der Waals surface area contributed by atoms with Crippen LogP contribution in [0.25, 0.3) is 0 Å². The molecule has 0 unspecified atom stereocenters. The SMILES string of the molecule is COCCN=C(NN)c1ccc(F)c(OC)c1. The topological polar surface area (TPSA) is 68.9 Å². The van der Waals surface area contributed by atoms with E-state index in [1.807, 2.05) is 0 Å². The Morgan fingerprint density at radius 3 is 2.82 bits per heavy atom. The summed E-state index contributed by atoms with van der Waals surface area (Å²) in [5, 5.41) is 0. The lowest BCUT2D eigenvalue weighted by Gasteiger charge is -2.08. The molecular weight excluding hydrogens is 225 g/mol. The summed E-state index contributed by atoms with van der Waals surface area (Å²) in [4.78, 5) is 4.18. The molecule has 0 fully saturated rings. The van der Waals surface area contributed by atoms with Crippen LogP contribution in [0.2, 0.25) is 0 Å². The number of hydrogen-bond donors (Lipinski definition) is 2. The normalized spacial score (nSPS) is 11.4. The predicted octanol–water partition coefficient (Wildman–Crippen LogP) is 0.691. The number of aliphatic imine (C=N–C) groups is 1. The highest BCUT2D eigenvalue weighted by atomic mass is 19.1. The molecule has 0 radical (unpaired) electrons. The van der Waals surface area contributed by atoms with Crippen LogP contribution in [0.1, 0.15) is 5.56 Å². The first-order valence-corrected chi connectivity index (χ1v) is 5.06. The molecule has 0 bridgehead atoms. The molecule has 0 spiro atoms. The summed E-state index contributed by atoms with van der Waals surface area (Å²) >= 11 is 0. The number of amidine groups is 1. The lowest BCUT2D eigenvalue weighted by molar-refractivity contribution is 0.208. The van der Waals surface area contributed by atoms with E-state index in [-0.39, 0.29) is 5.75 Å². The molecule has 0 aliphatic rings. The Hall–Kier alpha value is -1.66. The van der Waals surface area contributed by atoms with E-state index < -0.39 is 5.82 Å². The van der Waals surface area contributed by atoms with E-state index in [1.165, 1.54) is 19.2 Å².